The Morgan fingerprint density at radius 1 is 1.24 bits per heavy atom. The number of thiazole rings is 1. The Hall–Kier alpha value is -2.98. The van der Waals surface area contributed by atoms with Crippen molar-refractivity contribution in [2.45, 2.75) is 13.1 Å². The van der Waals surface area contributed by atoms with Crippen LogP contribution in [-0.2, 0) is 6.18 Å². The largest absolute Gasteiger partial charge is 0.416 e. The zero-order valence-electron chi connectivity index (χ0n) is 14.9. The SMILES string of the molecule is Cc1nc(-c2ccsc2)sc1C(=O)Nc1cc(C(F)(F)F)ccc1-n1cccn1. The molecular weight excluding hydrogens is 421 g/mol. The molecular formula is C19H13F3N4OS2. The van der Waals surface area contributed by atoms with Crippen molar-refractivity contribution in [3.63, 3.8) is 0 Å². The zero-order chi connectivity index (χ0) is 20.6. The van der Waals surface area contributed by atoms with Crippen LogP contribution in [0.3, 0.4) is 0 Å². The molecule has 0 aliphatic rings. The fourth-order valence-corrected chi connectivity index (χ4v) is 4.39. The highest BCUT2D eigenvalue weighted by molar-refractivity contribution is 7.17. The van der Waals surface area contributed by atoms with Crippen LogP contribution in [0.25, 0.3) is 16.3 Å². The first kappa shape index (κ1) is 19.3. The molecule has 1 aromatic carbocycles. The predicted molar refractivity (Wildman–Crippen MR) is 107 cm³/mol. The second-order valence-corrected chi connectivity index (χ2v) is 7.86. The molecule has 4 rings (SSSR count). The number of aromatic nitrogens is 3. The Labute approximate surface area is 171 Å². The first-order chi connectivity index (χ1) is 13.8. The summed E-state index contributed by atoms with van der Waals surface area (Å²) in [5, 5.41) is 11.2. The molecule has 0 fully saturated rings. The molecule has 1 N–H and O–H groups in total. The van der Waals surface area contributed by atoms with Gasteiger partial charge in [-0.25, -0.2) is 9.67 Å². The molecule has 10 heteroatoms. The van der Waals surface area contributed by atoms with Gasteiger partial charge in [-0.1, -0.05) is 0 Å². The van der Waals surface area contributed by atoms with Gasteiger partial charge < -0.3 is 5.32 Å². The van der Waals surface area contributed by atoms with E-state index in [1.807, 2.05) is 16.8 Å². The highest BCUT2D eigenvalue weighted by Gasteiger charge is 2.31. The number of alkyl halides is 3. The first-order valence-corrected chi connectivity index (χ1v) is 10.1. The number of anilines is 1. The quantitative estimate of drug-likeness (QED) is 0.452. The normalized spacial score (nSPS) is 11.6. The number of carbonyl (C=O) groups excluding carboxylic acids is 1. The Morgan fingerprint density at radius 2 is 2.07 bits per heavy atom. The summed E-state index contributed by atoms with van der Waals surface area (Å²) < 4.78 is 40.9. The van der Waals surface area contributed by atoms with Gasteiger partial charge in [0.25, 0.3) is 5.91 Å². The van der Waals surface area contributed by atoms with E-state index in [0.717, 1.165) is 17.7 Å². The standard InChI is InChI=1S/C19H13F3N4OS2/c1-11-16(29-18(24-11)12-5-8-28-10-12)17(27)25-14-9-13(19(20,21)22)3-4-15(14)26-7-2-6-23-26/h2-10H,1H3,(H,25,27). The minimum atomic E-state index is -4.53. The topological polar surface area (TPSA) is 59.8 Å². The number of rotatable bonds is 4. The van der Waals surface area contributed by atoms with Crippen molar-refractivity contribution in [1.82, 2.24) is 14.8 Å². The molecule has 0 radical (unpaired) electrons. The molecule has 5 nitrogen and oxygen atoms in total. The summed E-state index contributed by atoms with van der Waals surface area (Å²) in [7, 11) is 0. The zero-order valence-corrected chi connectivity index (χ0v) is 16.5. The van der Waals surface area contributed by atoms with Crippen molar-refractivity contribution in [1.29, 1.82) is 0 Å². The molecule has 0 saturated heterocycles. The van der Waals surface area contributed by atoms with E-state index in [0.29, 0.717) is 21.3 Å². The van der Waals surface area contributed by atoms with E-state index in [2.05, 4.69) is 15.4 Å². The number of amides is 1. The Bertz CT molecular complexity index is 1150. The number of aryl methyl sites for hydroxylation is 1. The van der Waals surface area contributed by atoms with E-state index in [4.69, 9.17) is 0 Å². The van der Waals surface area contributed by atoms with Gasteiger partial charge in [0.05, 0.1) is 22.6 Å². The second-order valence-electron chi connectivity index (χ2n) is 6.08. The van der Waals surface area contributed by atoms with Gasteiger partial charge in [-0.05, 0) is 42.6 Å². The molecule has 0 saturated carbocycles. The number of hydrogen-bond acceptors (Lipinski definition) is 5. The van der Waals surface area contributed by atoms with Crippen molar-refractivity contribution in [2.75, 3.05) is 5.32 Å². The van der Waals surface area contributed by atoms with Crippen LogP contribution in [0.4, 0.5) is 18.9 Å². The number of carbonyl (C=O) groups is 1. The number of halogens is 3. The van der Waals surface area contributed by atoms with Gasteiger partial charge in [0.2, 0.25) is 0 Å². The van der Waals surface area contributed by atoms with Crippen molar-refractivity contribution in [3.8, 4) is 16.3 Å². The summed E-state index contributed by atoms with van der Waals surface area (Å²) in [5.74, 6) is -0.519. The minimum Gasteiger partial charge on any atom is -0.319 e. The van der Waals surface area contributed by atoms with Crippen LogP contribution < -0.4 is 5.32 Å². The third kappa shape index (κ3) is 3.94. The maximum atomic E-state index is 13.2. The van der Waals surface area contributed by atoms with Crippen molar-refractivity contribution in [3.05, 3.63) is 69.6 Å². The van der Waals surface area contributed by atoms with Crippen LogP contribution in [-0.4, -0.2) is 20.7 Å². The van der Waals surface area contributed by atoms with E-state index in [9.17, 15) is 18.0 Å². The van der Waals surface area contributed by atoms with E-state index in [1.165, 1.54) is 39.6 Å². The number of nitrogens with zero attached hydrogens (tertiary/aromatic N) is 3. The lowest BCUT2D eigenvalue weighted by Gasteiger charge is -2.14. The number of hydrogen-bond donors (Lipinski definition) is 1. The molecule has 0 bridgehead atoms. The highest BCUT2D eigenvalue weighted by Crippen LogP contribution is 2.34. The molecule has 0 aliphatic heterocycles. The lowest BCUT2D eigenvalue weighted by molar-refractivity contribution is -0.137. The molecule has 148 valence electrons. The maximum absolute atomic E-state index is 13.2. The Kier molecular flexibility index (Phi) is 4.97. The van der Waals surface area contributed by atoms with Crippen LogP contribution >= 0.6 is 22.7 Å². The average Bonchev–Trinajstić information content (AvgIpc) is 3.42. The van der Waals surface area contributed by atoms with Crippen LogP contribution in [0.5, 0.6) is 0 Å². The van der Waals surface area contributed by atoms with E-state index < -0.39 is 17.6 Å². The number of thiophene rings is 1. The molecule has 3 heterocycles. The Morgan fingerprint density at radius 3 is 2.72 bits per heavy atom. The van der Waals surface area contributed by atoms with Gasteiger partial charge in [0.15, 0.2) is 0 Å². The van der Waals surface area contributed by atoms with E-state index >= 15 is 0 Å². The molecule has 0 aliphatic carbocycles. The predicted octanol–water partition coefficient (Wildman–Crippen LogP) is 5.64. The number of benzene rings is 1. The smallest absolute Gasteiger partial charge is 0.319 e. The Balaban J connectivity index is 1.70. The second kappa shape index (κ2) is 7.45. The van der Waals surface area contributed by atoms with E-state index in [-0.39, 0.29) is 5.69 Å². The first-order valence-electron chi connectivity index (χ1n) is 8.35. The van der Waals surface area contributed by atoms with Gasteiger partial charge in [0.1, 0.15) is 9.88 Å². The lowest BCUT2D eigenvalue weighted by Crippen LogP contribution is -2.15. The monoisotopic (exact) mass is 434 g/mol. The van der Waals surface area contributed by atoms with Crippen molar-refractivity contribution < 1.29 is 18.0 Å². The molecule has 1 amide bonds. The van der Waals surface area contributed by atoms with Gasteiger partial charge in [0, 0.05) is 23.3 Å². The summed E-state index contributed by atoms with van der Waals surface area (Å²) in [6.45, 7) is 1.70. The van der Waals surface area contributed by atoms with Crippen LogP contribution in [0, 0.1) is 6.92 Å². The summed E-state index contributed by atoms with van der Waals surface area (Å²) in [5.41, 5.74) is 0.901. The minimum absolute atomic E-state index is 0.0124. The molecule has 0 spiro atoms. The molecule has 3 aromatic heterocycles. The van der Waals surface area contributed by atoms with Gasteiger partial charge in [-0.15, -0.1) is 11.3 Å². The lowest BCUT2D eigenvalue weighted by atomic mass is 10.1. The molecule has 29 heavy (non-hydrogen) atoms. The van der Waals surface area contributed by atoms with E-state index in [1.54, 1.807) is 19.2 Å². The average molecular weight is 434 g/mol. The fraction of sp³-hybridized carbons (Fsp3) is 0.105. The highest BCUT2D eigenvalue weighted by atomic mass is 32.1. The number of nitrogens with one attached hydrogen (secondary N) is 1. The van der Waals surface area contributed by atoms with Crippen LogP contribution in [0.1, 0.15) is 20.9 Å². The fourth-order valence-electron chi connectivity index (χ4n) is 2.72. The summed E-state index contributed by atoms with van der Waals surface area (Å²) >= 11 is 2.71. The van der Waals surface area contributed by atoms with Gasteiger partial charge in [-0.3, -0.25) is 4.79 Å². The van der Waals surface area contributed by atoms with Crippen LogP contribution in [0.2, 0.25) is 0 Å². The third-order valence-electron chi connectivity index (χ3n) is 4.09. The molecule has 0 unspecified atom stereocenters. The van der Waals surface area contributed by atoms with Gasteiger partial charge >= 0.3 is 6.18 Å². The van der Waals surface area contributed by atoms with Gasteiger partial charge in [-0.2, -0.15) is 29.6 Å². The van der Waals surface area contributed by atoms with Crippen molar-refractivity contribution in [2.24, 2.45) is 0 Å². The summed E-state index contributed by atoms with van der Waals surface area (Å²) in [6, 6.07) is 6.68. The summed E-state index contributed by atoms with van der Waals surface area (Å²) in [4.78, 5) is 17.6. The van der Waals surface area contributed by atoms with Crippen LogP contribution in [0.15, 0.2) is 53.5 Å². The van der Waals surface area contributed by atoms with Crippen molar-refractivity contribution >= 4 is 34.3 Å². The maximum Gasteiger partial charge on any atom is 0.416 e. The molecule has 0 atom stereocenters. The molecule has 4 aromatic rings. The third-order valence-corrected chi connectivity index (χ3v) is 5.98. The summed E-state index contributed by atoms with van der Waals surface area (Å²) in [6.07, 6.45) is -1.44.